The SMILES string of the molecule is O=c1[nH]c2c(c(=O)[nH]1)C(c1ccc(Cl)cc1F)c1c(ccc3ccccc13)N2. The zero-order valence-electron chi connectivity index (χ0n) is 14.3. The van der Waals surface area contributed by atoms with Gasteiger partial charge in [-0.25, -0.2) is 9.18 Å². The normalized spacial score (nSPS) is 15.0. The summed E-state index contributed by atoms with van der Waals surface area (Å²) in [7, 11) is 0. The van der Waals surface area contributed by atoms with Crippen molar-refractivity contribution in [2.45, 2.75) is 5.92 Å². The number of halogens is 2. The highest BCUT2D eigenvalue weighted by molar-refractivity contribution is 6.30. The Morgan fingerprint density at radius 1 is 0.929 bits per heavy atom. The highest BCUT2D eigenvalue weighted by Gasteiger charge is 2.33. The predicted octanol–water partition coefficient (Wildman–Crippen LogP) is 4.25. The first-order valence-corrected chi connectivity index (χ1v) is 9.01. The molecule has 3 N–H and O–H groups in total. The van der Waals surface area contributed by atoms with Gasteiger partial charge in [0.15, 0.2) is 0 Å². The minimum atomic E-state index is -0.713. The van der Waals surface area contributed by atoms with E-state index in [1.165, 1.54) is 6.07 Å². The molecule has 0 fully saturated rings. The molecule has 0 saturated heterocycles. The molecule has 0 aliphatic carbocycles. The van der Waals surface area contributed by atoms with Crippen LogP contribution in [0, 0.1) is 5.82 Å². The predicted molar refractivity (Wildman–Crippen MR) is 107 cm³/mol. The van der Waals surface area contributed by atoms with Gasteiger partial charge in [-0.3, -0.25) is 14.8 Å². The summed E-state index contributed by atoms with van der Waals surface area (Å²) in [4.78, 5) is 29.4. The first-order valence-electron chi connectivity index (χ1n) is 8.63. The minimum Gasteiger partial charge on any atom is -0.341 e. The van der Waals surface area contributed by atoms with Crippen molar-refractivity contribution in [1.82, 2.24) is 9.97 Å². The van der Waals surface area contributed by atoms with Gasteiger partial charge in [0.2, 0.25) is 0 Å². The lowest BCUT2D eigenvalue weighted by atomic mass is 9.80. The summed E-state index contributed by atoms with van der Waals surface area (Å²) in [5, 5.41) is 5.24. The van der Waals surface area contributed by atoms with Crippen molar-refractivity contribution < 1.29 is 4.39 Å². The fourth-order valence-electron chi connectivity index (χ4n) is 3.91. The van der Waals surface area contributed by atoms with Crippen molar-refractivity contribution in [2.24, 2.45) is 0 Å². The van der Waals surface area contributed by atoms with Crippen LogP contribution in [0.25, 0.3) is 10.8 Å². The number of benzene rings is 3. The van der Waals surface area contributed by atoms with Gasteiger partial charge < -0.3 is 5.32 Å². The Bertz CT molecular complexity index is 1380. The molecule has 1 aliphatic rings. The van der Waals surface area contributed by atoms with E-state index < -0.39 is 23.0 Å². The zero-order valence-corrected chi connectivity index (χ0v) is 15.1. The third-order valence-electron chi connectivity index (χ3n) is 5.06. The molecule has 5 rings (SSSR count). The van der Waals surface area contributed by atoms with E-state index >= 15 is 0 Å². The molecule has 4 aromatic rings. The van der Waals surface area contributed by atoms with Crippen molar-refractivity contribution in [1.29, 1.82) is 0 Å². The van der Waals surface area contributed by atoms with Gasteiger partial charge in [0, 0.05) is 22.2 Å². The van der Waals surface area contributed by atoms with Crippen LogP contribution >= 0.6 is 11.6 Å². The number of rotatable bonds is 1. The first kappa shape index (κ1) is 16.8. The Morgan fingerprint density at radius 2 is 1.75 bits per heavy atom. The summed E-state index contributed by atoms with van der Waals surface area (Å²) in [5.41, 5.74) is 0.836. The van der Waals surface area contributed by atoms with Crippen LogP contribution in [-0.4, -0.2) is 9.97 Å². The van der Waals surface area contributed by atoms with E-state index in [-0.39, 0.29) is 16.4 Å². The van der Waals surface area contributed by atoms with E-state index in [9.17, 15) is 14.0 Å². The van der Waals surface area contributed by atoms with Gasteiger partial charge in [-0.2, -0.15) is 0 Å². The maximum absolute atomic E-state index is 14.9. The quantitative estimate of drug-likeness (QED) is 0.398. The number of anilines is 2. The van der Waals surface area contributed by atoms with Crippen LogP contribution in [0.1, 0.15) is 22.6 Å². The molecule has 1 aliphatic heterocycles. The number of aromatic amines is 2. The molecular formula is C21H13ClFN3O2. The molecule has 138 valence electrons. The summed E-state index contributed by atoms with van der Waals surface area (Å²) in [6.07, 6.45) is 0. The number of H-pyrrole nitrogens is 2. The second-order valence-corrected chi connectivity index (χ2v) is 7.11. The Labute approximate surface area is 162 Å². The number of fused-ring (bicyclic) bond motifs is 4. The molecule has 1 unspecified atom stereocenters. The lowest BCUT2D eigenvalue weighted by Crippen LogP contribution is -2.32. The minimum absolute atomic E-state index is 0.254. The first-order chi connectivity index (χ1) is 13.5. The summed E-state index contributed by atoms with van der Waals surface area (Å²) in [6, 6.07) is 15.9. The molecule has 3 aromatic carbocycles. The molecule has 28 heavy (non-hydrogen) atoms. The maximum Gasteiger partial charge on any atom is 0.327 e. The van der Waals surface area contributed by atoms with E-state index in [2.05, 4.69) is 15.3 Å². The molecule has 0 spiro atoms. The molecule has 0 radical (unpaired) electrons. The van der Waals surface area contributed by atoms with Crippen LogP contribution in [0.2, 0.25) is 5.02 Å². The zero-order chi connectivity index (χ0) is 19.4. The topological polar surface area (TPSA) is 77.8 Å². The van der Waals surface area contributed by atoms with E-state index in [0.717, 1.165) is 16.3 Å². The van der Waals surface area contributed by atoms with Crippen molar-refractivity contribution >= 4 is 33.9 Å². The van der Waals surface area contributed by atoms with Gasteiger partial charge in [0.05, 0.1) is 5.56 Å². The molecule has 1 aromatic heterocycles. The standard InChI is InChI=1S/C21H13ClFN3O2/c22-11-6-7-13(14(23)9-11)17-16-12-4-2-1-3-10(12)5-8-15(16)24-19-18(17)20(27)26-21(28)25-19/h1-9,17H,(H3,24,25,26,27,28). The molecule has 0 amide bonds. The fourth-order valence-corrected chi connectivity index (χ4v) is 4.07. The van der Waals surface area contributed by atoms with Gasteiger partial charge in [-0.05, 0) is 34.5 Å². The smallest absolute Gasteiger partial charge is 0.327 e. The molecular weight excluding hydrogens is 381 g/mol. The third-order valence-corrected chi connectivity index (χ3v) is 5.30. The van der Waals surface area contributed by atoms with E-state index in [1.807, 2.05) is 36.4 Å². The van der Waals surface area contributed by atoms with Crippen LogP contribution < -0.4 is 16.6 Å². The largest absolute Gasteiger partial charge is 0.341 e. The van der Waals surface area contributed by atoms with Crippen molar-refractivity contribution in [2.75, 3.05) is 5.32 Å². The van der Waals surface area contributed by atoms with Crippen LogP contribution in [-0.2, 0) is 0 Å². The Kier molecular flexibility index (Phi) is 3.64. The van der Waals surface area contributed by atoms with E-state index in [0.29, 0.717) is 11.3 Å². The van der Waals surface area contributed by atoms with Gasteiger partial charge in [-0.1, -0.05) is 48.0 Å². The van der Waals surface area contributed by atoms with Gasteiger partial charge in [-0.15, -0.1) is 0 Å². The Hall–Kier alpha value is -3.38. The Balaban J connectivity index is 1.93. The van der Waals surface area contributed by atoms with Crippen LogP contribution in [0.3, 0.4) is 0 Å². The molecule has 2 heterocycles. The number of hydrogen-bond acceptors (Lipinski definition) is 3. The van der Waals surface area contributed by atoms with Crippen molar-refractivity contribution in [3.63, 3.8) is 0 Å². The summed E-state index contributed by atoms with van der Waals surface area (Å²) >= 11 is 5.94. The second-order valence-electron chi connectivity index (χ2n) is 6.67. The van der Waals surface area contributed by atoms with Crippen molar-refractivity contribution in [3.8, 4) is 0 Å². The molecule has 0 saturated carbocycles. The fraction of sp³-hybridized carbons (Fsp3) is 0.0476. The highest BCUT2D eigenvalue weighted by Crippen LogP contribution is 2.46. The lowest BCUT2D eigenvalue weighted by Gasteiger charge is -2.30. The van der Waals surface area contributed by atoms with Gasteiger partial charge >= 0.3 is 5.69 Å². The van der Waals surface area contributed by atoms with Crippen LogP contribution in [0.4, 0.5) is 15.9 Å². The van der Waals surface area contributed by atoms with E-state index in [4.69, 9.17) is 11.6 Å². The van der Waals surface area contributed by atoms with Gasteiger partial charge in [0.25, 0.3) is 5.56 Å². The lowest BCUT2D eigenvalue weighted by molar-refractivity contribution is 0.606. The summed E-state index contributed by atoms with van der Waals surface area (Å²) in [6.45, 7) is 0. The van der Waals surface area contributed by atoms with Crippen molar-refractivity contribution in [3.05, 3.63) is 103 Å². The second kappa shape index (κ2) is 6.07. The number of hydrogen-bond donors (Lipinski definition) is 3. The molecule has 7 heteroatoms. The summed E-state index contributed by atoms with van der Waals surface area (Å²) in [5.74, 6) is -0.971. The molecule has 0 bridgehead atoms. The number of nitrogens with one attached hydrogen (secondary N) is 3. The average molecular weight is 394 g/mol. The monoisotopic (exact) mass is 393 g/mol. The van der Waals surface area contributed by atoms with Gasteiger partial charge in [0.1, 0.15) is 11.6 Å². The maximum atomic E-state index is 14.9. The summed E-state index contributed by atoms with van der Waals surface area (Å²) < 4.78 is 14.9. The van der Waals surface area contributed by atoms with Crippen LogP contribution in [0.5, 0.6) is 0 Å². The van der Waals surface area contributed by atoms with E-state index in [1.54, 1.807) is 12.1 Å². The third kappa shape index (κ3) is 2.46. The molecule has 1 atom stereocenters. The Morgan fingerprint density at radius 3 is 2.57 bits per heavy atom. The highest BCUT2D eigenvalue weighted by atomic mass is 35.5. The number of aromatic nitrogens is 2. The average Bonchev–Trinajstić information content (AvgIpc) is 2.66. The van der Waals surface area contributed by atoms with Crippen LogP contribution in [0.15, 0.2) is 64.2 Å². The molecule has 5 nitrogen and oxygen atoms in total.